The van der Waals surface area contributed by atoms with Crippen LogP contribution in [-0.2, 0) is 13.0 Å². The fourth-order valence-corrected chi connectivity index (χ4v) is 3.69. The van der Waals surface area contributed by atoms with Gasteiger partial charge in [0.1, 0.15) is 5.58 Å². The first kappa shape index (κ1) is 19.2. The van der Waals surface area contributed by atoms with Gasteiger partial charge in [0.25, 0.3) is 0 Å². The minimum absolute atomic E-state index is 0.0361. The highest BCUT2D eigenvalue weighted by molar-refractivity contribution is 5.80. The van der Waals surface area contributed by atoms with E-state index in [-0.39, 0.29) is 11.7 Å². The maximum atomic E-state index is 12.1. The molecule has 0 aliphatic heterocycles. The van der Waals surface area contributed by atoms with Gasteiger partial charge in [0.2, 0.25) is 0 Å². The van der Waals surface area contributed by atoms with Gasteiger partial charge in [-0.05, 0) is 41.7 Å². The number of benzene rings is 3. The molecule has 146 valence electrons. The van der Waals surface area contributed by atoms with E-state index < -0.39 is 0 Å². The minimum atomic E-state index is -0.311. The topological polar surface area (TPSA) is 42.2 Å². The van der Waals surface area contributed by atoms with Gasteiger partial charge in [0, 0.05) is 18.0 Å². The molecule has 0 unspecified atom stereocenters. The van der Waals surface area contributed by atoms with E-state index in [1.54, 1.807) is 6.07 Å². The van der Waals surface area contributed by atoms with E-state index in [9.17, 15) is 4.79 Å². The maximum absolute atomic E-state index is 12.1. The van der Waals surface area contributed by atoms with Crippen molar-refractivity contribution in [2.45, 2.75) is 32.9 Å². The third kappa shape index (κ3) is 4.30. The van der Waals surface area contributed by atoms with Crippen LogP contribution in [0, 0.1) is 6.92 Å². The molecule has 4 rings (SSSR count). The number of hydrogen-bond donors (Lipinski definition) is 1. The molecule has 0 radical (unpaired) electrons. The number of aryl methyl sites for hydroxylation is 2. The summed E-state index contributed by atoms with van der Waals surface area (Å²) in [4.78, 5) is 12.1. The Morgan fingerprint density at radius 2 is 1.62 bits per heavy atom. The van der Waals surface area contributed by atoms with Gasteiger partial charge >= 0.3 is 5.63 Å². The molecule has 1 N–H and O–H groups in total. The third-order valence-corrected chi connectivity index (χ3v) is 5.34. The Morgan fingerprint density at radius 1 is 0.897 bits per heavy atom. The zero-order valence-corrected chi connectivity index (χ0v) is 16.8. The van der Waals surface area contributed by atoms with Crippen LogP contribution >= 0.6 is 0 Å². The number of hydrogen-bond acceptors (Lipinski definition) is 3. The first-order valence-electron chi connectivity index (χ1n) is 10.0. The van der Waals surface area contributed by atoms with Crippen molar-refractivity contribution in [3.05, 3.63) is 117 Å². The summed E-state index contributed by atoms with van der Waals surface area (Å²) in [6.07, 6.45) is 0.908. The molecule has 1 atom stereocenters. The third-order valence-electron chi connectivity index (χ3n) is 5.34. The molecule has 3 aromatic carbocycles. The Hall–Kier alpha value is -3.17. The smallest absolute Gasteiger partial charge is 0.336 e. The quantitative estimate of drug-likeness (QED) is 0.444. The van der Waals surface area contributed by atoms with E-state index in [1.807, 2.05) is 12.1 Å². The molecule has 1 heterocycles. The second-order valence-corrected chi connectivity index (χ2v) is 7.41. The first-order valence-corrected chi connectivity index (χ1v) is 10.0. The van der Waals surface area contributed by atoms with Gasteiger partial charge in [-0.25, -0.2) is 4.79 Å². The predicted molar refractivity (Wildman–Crippen MR) is 118 cm³/mol. The Labute approximate surface area is 171 Å². The molecule has 1 aromatic heterocycles. The van der Waals surface area contributed by atoms with Crippen molar-refractivity contribution >= 4 is 11.0 Å². The van der Waals surface area contributed by atoms with Gasteiger partial charge < -0.3 is 9.73 Å². The van der Waals surface area contributed by atoms with Gasteiger partial charge in [-0.1, -0.05) is 79.2 Å². The summed E-state index contributed by atoms with van der Waals surface area (Å²) in [6, 6.07) is 26.7. The molecule has 0 bridgehead atoms. The summed E-state index contributed by atoms with van der Waals surface area (Å²) >= 11 is 0. The molecule has 0 saturated carbocycles. The molecule has 0 fully saturated rings. The fraction of sp³-hybridized carbons (Fsp3) is 0.192. The van der Waals surface area contributed by atoms with Gasteiger partial charge in [-0.3, -0.25) is 0 Å². The molecular weight excluding hydrogens is 358 g/mol. The van der Waals surface area contributed by atoms with Crippen molar-refractivity contribution < 1.29 is 4.42 Å². The van der Waals surface area contributed by atoms with E-state index in [1.165, 1.54) is 16.7 Å². The van der Waals surface area contributed by atoms with Gasteiger partial charge in [-0.15, -0.1) is 0 Å². The second-order valence-electron chi connectivity index (χ2n) is 7.41. The van der Waals surface area contributed by atoms with E-state index >= 15 is 0 Å². The summed E-state index contributed by atoms with van der Waals surface area (Å²) in [5, 5.41) is 4.63. The van der Waals surface area contributed by atoms with Crippen LogP contribution in [0.15, 0.2) is 88.1 Å². The van der Waals surface area contributed by atoms with Crippen LogP contribution in [-0.4, -0.2) is 0 Å². The lowest BCUT2D eigenvalue weighted by atomic mass is 9.97. The van der Waals surface area contributed by atoms with Crippen LogP contribution in [0.4, 0.5) is 0 Å². The van der Waals surface area contributed by atoms with E-state index in [4.69, 9.17) is 4.42 Å². The number of rotatable bonds is 6. The lowest BCUT2D eigenvalue weighted by Gasteiger charge is -2.20. The van der Waals surface area contributed by atoms with E-state index in [0.29, 0.717) is 12.1 Å². The lowest BCUT2D eigenvalue weighted by molar-refractivity contribution is 0.552. The van der Waals surface area contributed by atoms with Gasteiger partial charge in [-0.2, -0.15) is 0 Å². The Balaban J connectivity index is 1.69. The minimum Gasteiger partial charge on any atom is -0.423 e. The van der Waals surface area contributed by atoms with Crippen LogP contribution in [0.1, 0.15) is 40.8 Å². The van der Waals surface area contributed by atoms with Crippen molar-refractivity contribution in [3.8, 4) is 0 Å². The van der Waals surface area contributed by atoms with Crippen molar-refractivity contribution in [2.24, 2.45) is 0 Å². The van der Waals surface area contributed by atoms with Crippen molar-refractivity contribution in [3.63, 3.8) is 0 Å². The SMILES string of the molecule is CCc1ccc2c(CN[C@@H](c3ccccc3)c3ccc(C)cc3)cc(=O)oc2c1. The highest BCUT2D eigenvalue weighted by atomic mass is 16.4. The van der Waals surface area contributed by atoms with Gasteiger partial charge in [0.15, 0.2) is 0 Å². The molecule has 3 nitrogen and oxygen atoms in total. The molecule has 0 aliphatic rings. The maximum Gasteiger partial charge on any atom is 0.336 e. The monoisotopic (exact) mass is 383 g/mol. The fourth-order valence-electron chi connectivity index (χ4n) is 3.69. The summed E-state index contributed by atoms with van der Waals surface area (Å²) in [5.74, 6) is 0. The Bertz CT molecular complexity index is 1160. The van der Waals surface area contributed by atoms with Crippen LogP contribution in [0.2, 0.25) is 0 Å². The standard InChI is InChI=1S/C26H25NO2/c1-3-19-11-14-23-22(16-25(28)29-24(23)15-19)17-27-26(20-7-5-4-6-8-20)21-12-9-18(2)10-13-21/h4-16,26-27H,3,17H2,1-2H3/t26-/m0/s1. The largest absolute Gasteiger partial charge is 0.423 e. The van der Waals surface area contributed by atoms with Crippen LogP contribution < -0.4 is 10.9 Å². The van der Waals surface area contributed by atoms with Crippen LogP contribution in [0.3, 0.4) is 0 Å². The molecule has 0 saturated heterocycles. The molecule has 29 heavy (non-hydrogen) atoms. The van der Waals surface area contributed by atoms with Gasteiger partial charge in [0.05, 0.1) is 6.04 Å². The summed E-state index contributed by atoms with van der Waals surface area (Å²) < 4.78 is 5.45. The zero-order chi connectivity index (χ0) is 20.2. The lowest BCUT2D eigenvalue weighted by Crippen LogP contribution is -2.22. The van der Waals surface area contributed by atoms with Crippen molar-refractivity contribution in [1.29, 1.82) is 0 Å². The number of nitrogens with one attached hydrogen (secondary N) is 1. The average Bonchev–Trinajstić information content (AvgIpc) is 2.75. The van der Waals surface area contributed by atoms with E-state index in [0.717, 1.165) is 22.9 Å². The molecule has 0 spiro atoms. The Morgan fingerprint density at radius 3 is 2.34 bits per heavy atom. The van der Waals surface area contributed by atoms with Crippen molar-refractivity contribution in [1.82, 2.24) is 5.32 Å². The van der Waals surface area contributed by atoms with Crippen LogP contribution in [0.25, 0.3) is 11.0 Å². The summed E-state index contributed by atoms with van der Waals surface area (Å²) in [5.41, 5.74) is 6.08. The van der Waals surface area contributed by atoms with E-state index in [2.05, 4.69) is 79.8 Å². The first-order chi connectivity index (χ1) is 14.1. The molecule has 3 heteroatoms. The van der Waals surface area contributed by atoms with Crippen LogP contribution in [0.5, 0.6) is 0 Å². The zero-order valence-electron chi connectivity index (χ0n) is 16.8. The highest BCUT2D eigenvalue weighted by Gasteiger charge is 2.15. The second kappa shape index (κ2) is 8.46. The Kier molecular flexibility index (Phi) is 5.59. The highest BCUT2D eigenvalue weighted by Crippen LogP contribution is 2.25. The number of fused-ring (bicyclic) bond motifs is 1. The normalized spacial score (nSPS) is 12.2. The predicted octanol–water partition coefficient (Wildman–Crippen LogP) is 5.54. The average molecular weight is 383 g/mol. The van der Waals surface area contributed by atoms with Crippen molar-refractivity contribution in [2.75, 3.05) is 0 Å². The molecule has 0 aliphatic carbocycles. The molecule has 4 aromatic rings. The summed E-state index contributed by atoms with van der Waals surface area (Å²) in [6.45, 7) is 4.76. The summed E-state index contributed by atoms with van der Waals surface area (Å²) in [7, 11) is 0. The molecule has 0 amide bonds. The molecular formula is C26H25NO2.